The molecule has 2 aromatic carbocycles. The van der Waals surface area contributed by atoms with Crippen LogP contribution in [0.1, 0.15) is 74.0 Å². The number of ketones is 1. The summed E-state index contributed by atoms with van der Waals surface area (Å²) in [5, 5.41) is 20.4. The molecule has 232 valence electrons. The molecule has 2 atom stereocenters. The number of hydrogen-bond donors (Lipinski definition) is 3. The standard InChI is InChI=1S/C32H41FN4O6/c1-6-42-26-15-19-17-36(30(34)20(19)16-21(26)31(41)35-5)18-25(38)28-23(33)12-13-37(28)24-10-7-9-22(32(2,3)4)29(24)43-14-8-11-27(39)40/h7,9-10,15-16,23,28,34H,6,8,11-14,17-18H2,1-5H3,(H,35,41)(H,39,40). The zero-order valence-corrected chi connectivity index (χ0v) is 25.5. The highest BCUT2D eigenvalue weighted by Gasteiger charge is 2.42. The van der Waals surface area contributed by atoms with Gasteiger partial charge in [0.2, 0.25) is 0 Å². The van der Waals surface area contributed by atoms with Gasteiger partial charge < -0.3 is 29.7 Å². The molecule has 0 bridgehead atoms. The molecule has 2 aromatic rings. The van der Waals surface area contributed by atoms with Gasteiger partial charge >= 0.3 is 5.97 Å². The number of ether oxygens (including phenoxy) is 2. The lowest BCUT2D eigenvalue weighted by Crippen LogP contribution is -2.46. The second-order valence-electron chi connectivity index (χ2n) is 11.9. The van der Waals surface area contributed by atoms with Crippen LogP contribution >= 0.6 is 0 Å². The number of amides is 1. The Morgan fingerprint density at radius 2 is 1.93 bits per heavy atom. The average Bonchev–Trinajstić information content (AvgIpc) is 3.48. The van der Waals surface area contributed by atoms with Gasteiger partial charge in [-0.2, -0.15) is 0 Å². The maximum Gasteiger partial charge on any atom is 0.303 e. The van der Waals surface area contributed by atoms with Crippen molar-refractivity contribution in [3.63, 3.8) is 0 Å². The molecule has 0 saturated carbocycles. The third-order valence-corrected chi connectivity index (χ3v) is 7.80. The Labute approximate surface area is 251 Å². The van der Waals surface area contributed by atoms with E-state index in [9.17, 15) is 14.4 Å². The van der Waals surface area contributed by atoms with Crippen molar-refractivity contribution in [2.24, 2.45) is 0 Å². The first kappa shape index (κ1) is 31.8. The molecule has 10 nitrogen and oxygen atoms in total. The summed E-state index contributed by atoms with van der Waals surface area (Å²) >= 11 is 0. The summed E-state index contributed by atoms with van der Waals surface area (Å²) in [5.74, 6) is -0.590. The van der Waals surface area contributed by atoms with Crippen molar-refractivity contribution in [2.75, 3.05) is 38.3 Å². The van der Waals surface area contributed by atoms with Gasteiger partial charge in [-0.15, -0.1) is 0 Å². The lowest BCUT2D eigenvalue weighted by molar-refractivity contribution is -0.137. The Kier molecular flexibility index (Phi) is 9.62. The number of nitrogens with one attached hydrogen (secondary N) is 2. The minimum absolute atomic E-state index is 0.0365. The lowest BCUT2D eigenvalue weighted by Gasteiger charge is -2.32. The molecule has 2 aliphatic rings. The summed E-state index contributed by atoms with van der Waals surface area (Å²) < 4.78 is 27.3. The summed E-state index contributed by atoms with van der Waals surface area (Å²) in [5.41, 5.74) is 2.74. The molecular weight excluding hydrogens is 555 g/mol. The molecule has 1 saturated heterocycles. The van der Waals surface area contributed by atoms with E-state index >= 15 is 4.39 Å². The number of hydrogen-bond acceptors (Lipinski definition) is 7. The van der Waals surface area contributed by atoms with Crippen molar-refractivity contribution in [3.05, 3.63) is 52.6 Å². The van der Waals surface area contributed by atoms with Gasteiger partial charge in [-0.1, -0.05) is 32.9 Å². The van der Waals surface area contributed by atoms with Crippen molar-refractivity contribution < 1.29 is 33.4 Å². The number of benzene rings is 2. The van der Waals surface area contributed by atoms with Gasteiger partial charge in [-0.25, -0.2) is 4.39 Å². The molecule has 0 radical (unpaired) electrons. The van der Waals surface area contributed by atoms with E-state index in [1.54, 1.807) is 21.9 Å². The SMILES string of the molecule is CCOc1cc2c(cc1C(=O)NC)C(=N)N(CC(=O)C1C(F)CCN1c1cccc(C(C)(C)C)c1OCCCC(=O)O)C2. The van der Waals surface area contributed by atoms with Crippen LogP contribution in [0.5, 0.6) is 11.5 Å². The molecule has 3 N–H and O–H groups in total. The molecule has 2 heterocycles. The summed E-state index contributed by atoms with van der Waals surface area (Å²) in [6.45, 7) is 8.83. The number of carboxylic acids is 1. The first-order valence-corrected chi connectivity index (χ1v) is 14.6. The number of amidine groups is 1. The van der Waals surface area contributed by atoms with Crippen molar-refractivity contribution in [1.29, 1.82) is 5.41 Å². The van der Waals surface area contributed by atoms with Gasteiger partial charge in [0.25, 0.3) is 5.91 Å². The van der Waals surface area contributed by atoms with Crippen LogP contribution in [0, 0.1) is 5.41 Å². The predicted molar refractivity (Wildman–Crippen MR) is 161 cm³/mol. The van der Waals surface area contributed by atoms with Crippen LogP contribution in [0.25, 0.3) is 0 Å². The number of alkyl halides is 1. The molecular formula is C32H41FN4O6. The molecule has 1 amide bonds. The number of anilines is 1. The summed E-state index contributed by atoms with van der Waals surface area (Å²) in [6.07, 6.45) is -0.967. The topological polar surface area (TPSA) is 132 Å². The molecule has 11 heteroatoms. The molecule has 2 aliphatic heterocycles. The fourth-order valence-corrected chi connectivity index (χ4v) is 5.72. The Morgan fingerprint density at radius 1 is 1.19 bits per heavy atom. The summed E-state index contributed by atoms with van der Waals surface area (Å²) in [4.78, 5) is 40.6. The zero-order chi connectivity index (χ0) is 31.5. The number of carbonyl (C=O) groups excluding carboxylic acids is 2. The van der Waals surface area contributed by atoms with Crippen LogP contribution < -0.4 is 19.7 Å². The Balaban J connectivity index is 1.59. The van der Waals surface area contributed by atoms with Gasteiger partial charge in [0, 0.05) is 37.7 Å². The fourth-order valence-electron chi connectivity index (χ4n) is 5.72. The number of carbonyl (C=O) groups is 3. The first-order chi connectivity index (χ1) is 20.4. The normalized spacial score (nSPS) is 18.0. The highest BCUT2D eigenvalue weighted by atomic mass is 19.1. The third kappa shape index (κ3) is 6.76. The van der Waals surface area contributed by atoms with Crippen molar-refractivity contribution in [3.8, 4) is 11.5 Å². The number of Topliss-reactive ketones (excluding diaryl/α,β-unsaturated/α-hetero) is 1. The molecule has 0 aromatic heterocycles. The summed E-state index contributed by atoms with van der Waals surface area (Å²) in [6, 6.07) is 7.87. The minimum atomic E-state index is -1.41. The van der Waals surface area contributed by atoms with Crippen LogP contribution in [-0.2, 0) is 21.5 Å². The van der Waals surface area contributed by atoms with Crippen LogP contribution in [0.15, 0.2) is 30.3 Å². The maximum atomic E-state index is 15.5. The zero-order valence-electron chi connectivity index (χ0n) is 25.5. The Morgan fingerprint density at radius 3 is 2.58 bits per heavy atom. The lowest BCUT2D eigenvalue weighted by atomic mass is 9.85. The molecule has 43 heavy (non-hydrogen) atoms. The van der Waals surface area contributed by atoms with Crippen molar-refractivity contribution in [2.45, 2.75) is 71.1 Å². The number of halogens is 1. The van der Waals surface area contributed by atoms with Crippen LogP contribution in [0.4, 0.5) is 10.1 Å². The van der Waals surface area contributed by atoms with E-state index < -0.39 is 18.2 Å². The van der Waals surface area contributed by atoms with Crippen LogP contribution in [-0.4, -0.2) is 79.1 Å². The van der Waals surface area contributed by atoms with E-state index in [1.165, 1.54) is 7.05 Å². The van der Waals surface area contributed by atoms with Gasteiger partial charge in [-0.05, 0) is 48.9 Å². The Hall–Kier alpha value is -4.15. The third-order valence-electron chi connectivity index (χ3n) is 7.80. The van der Waals surface area contributed by atoms with Crippen molar-refractivity contribution in [1.82, 2.24) is 10.2 Å². The monoisotopic (exact) mass is 596 g/mol. The van der Waals surface area contributed by atoms with Crippen molar-refractivity contribution >= 4 is 29.2 Å². The highest BCUT2D eigenvalue weighted by molar-refractivity contribution is 6.06. The second kappa shape index (κ2) is 13.0. The van der Waals surface area contributed by atoms with Gasteiger partial charge in [0.15, 0.2) is 5.78 Å². The number of nitrogens with zero attached hydrogens (tertiary/aromatic N) is 2. The predicted octanol–water partition coefficient (Wildman–Crippen LogP) is 4.31. The van der Waals surface area contributed by atoms with E-state index in [0.29, 0.717) is 47.9 Å². The summed E-state index contributed by atoms with van der Waals surface area (Å²) in [7, 11) is 1.52. The number of rotatable bonds is 12. The molecule has 0 spiro atoms. The quantitative estimate of drug-likeness (QED) is 0.309. The van der Waals surface area contributed by atoms with Gasteiger partial charge in [0.1, 0.15) is 29.5 Å². The largest absolute Gasteiger partial charge is 0.493 e. The number of para-hydroxylation sites is 1. The van der Waals surface area contributed by atoms with E-state index in [4.69, 9.17) is 20.0 Å². The van der Waals surface area contributed by atoms with E-state index in [-0.39, 0.29) is 55.5 Å². The van der Waals surface area contributed by atoms with Crippen LogP contribution in [0.3, 0.4) is 0 Å². The highest BCUT2D eigenvalue weighted by Crippen LogP contribution is 2.42. The first-order valence-electron chi connectivity index (χ1n) is 14.6. The molecule has 4 rings (SSSR count). The Bertz CT molecular complexity index is 1400. The molecule has 1 fully saturated rings. The molecule has 0 aliphatic carbocycles. The number of aliphatic carboxylic acids is 1. The van der Waals surface area contributed by atoms with Gasteiger partial charge in [0.05, 0.1) is 31.0 Å². The molecule has 2 unspecified atom stereocenters. The second-order valence-corrected chi connectivity index (χ2v) is 11.9. The van der Waals surface area contributed by atoms with Gasteiger partial charge in [-0.3, -0.25) is 19.8 Å². The van der Waals surface area contributed by atoms with E-state index in [1.807, 2.05) is 45.9 Å². The smallest absolute Gasteiger partial charge is 0.303 e. The maximum absolute atomic E-state index is 15.5. The number of fused-ring (bicyclic) bond motifs is 1. The van der Waals surface area contributed by atoms with E-state index in [2.05, 4.69) is 5.32 Å². The van der Waals surface area contributed by atoms with Crippen LogP contribution in [0.2, 0.25) is 0 Å². The minimum Gasteiger partial charge on any atom is -0.493 e. The number of carboxylic acid groups (broad SMARTS) is 1. The fraction of sp³-hybridized carbons (Fsp3) is 0.500. The van der Waals surface area contributed by atoms with E-state index in [0.717, 1.165) is 11.1 Å². The average molecular weight is 597 g/mol.